The highest BCUT2D eigenvalue weighted by molar-refractivity contribution is 6.36. The number of amides is 1. The van der Waals surface area contributed by atoms with Crippen LogP contribution in [-0.4, -0.2) is 41.1 Å². The molecule has 0 spiro atoms. The molecule has 1 fully saturated rings. The molecule has 3 aromatic rings. The van der Waals surface area contributed by atoms with E-state index in [1.165, 1.54) is 19.3 Å². The highest BCUT2D eigenvalue weighted by atomic mass is 16.5. The molecule has 35 heavy (non-hydrogen) atoms. The van der Waals surface area contributed by atoms with Crippen LogP contribution in [0.5, 0.6) is 0 Å². The van der Waals surface area contributed by atoms with E-state index < -0.39 is 5.41 Å². The van der Waals surface area contributed by atoms with Gasteiger partial charge in [0.25, 0.3) is 5.91 Å². The van der Waals surface area contributed by atoms with Crippen molar-refractivity contribution in [1.29, 1.82) is 0 Å². The molecule has 2 aromatic carbocycles. The summed E-state index contributed by atoms with van der Waals surface area (Å²) < 4.78 is 7.52. The molecule has 1 aromatic heterocycles. The summed E-state index contributed by atoms with van der Waals surface area (Å²) in [6.45, 7) is 8.36. The number of hydrogen-bond acceptors (Lipinski definition) is 4. The quantitative estimate of drug-likeness (QED) is 0.363. The Balaban J connectivity index is 1.49. The molecule has 0 saturated carbocycles. The molecule has 1 saturated heterocycles. The topological polar surface area (TPSA) is 54.8 Å². The number of ether oxygens (including phenoxy) is 1. The van der Waals surface area contributed by atoms with E-state index in [1.54, 1.807) is 0 Å². The average Bonchev–Trinajstić information content (AvgIpc) is 3.33. The molecule has 0 atom stereocenters. The SMILES string of the molecule is CC(C)(C)C(=O)OCn1cc(/C=C2\C(=O)N(CN3CCCCC3)c3ccccc32)c2ccccc21. The Morgan fingerprint density at radius 1 is 1.00 bits per heavy atom. The molecule has 0 N–H and O–H groups in total. The standard InChI is InChI=1S/C29H33N3O3/c1-29(2,3)28(34)35-20-31-18-21(22-11-5-7-13-25(22)31)17-24-23-12-6-8-14-26(23)32(27(24)33)19-30-15-9-4-10-16-30/h5-8,11-14,17-18H,4,9-10,15-16,19-20H2,1-3H3/b24-17-. The Morgan fingerprint density at radius 2 is 1.71 bits per heavy atom. The third-order valence-electron chi connectivity index (χ3n) is 6.82. The third-order valence-corrected chi connectivity index (χ3v) is 6.82. The smallest absolute Gasteiger partial charge is 0.312 e. The normalized spacial score (nSPS) is 17.9. The van der Waals surface area contributed by atoms with Crippen molar-refractivity contribution in [2.75, 3.05) is 24.7 Å². The van der Waals surface area contributed by atoms with Crippen molar-refractivity contribution in [2.45, 2.75) is 46.8 Å². The lowest BCUT2D eigenvalue weighted by Crippen LogP contribution is -2.42. The van der Waals surface area contributed by atoms with Crippen molar-refractivity contribution in [3.8, 4) is 0 Å². The highest BCUT2D eigenvalue weighted by Crippen LogP contribution is 2.39. The van der Waals surface area contributed by atoms with Crippen LogP contribution in [0.1, 0.15) is 51.2 Å². The van der Waals surface area contributed by atoms with Crippen LogP contribution in [0.15, 0.2) is 54.7 Å². The molecular formula is C29H33N3O3. The van der Waals surface area contributed by atoms with Crippen molar-refractivity contribution in [2.24, 2.45) is 5.41 Å². The van der Waals surface area contributed by atoms with Crippen molar-refractivity contribution in [3.63, 3.8) is 0 Å². The van der Waals surface area contributed by atoms with Crippen LogP contribution in [0.25, 0.3) is 22.6 Å². The summed E-state index contributed by atoms with van der Waals surface area (Å²) in [5, 5.41) is 1.02. The lowest BCUT2D eigenvalue weighted by molar-refractivity contribution is -0.156. The van der Waals surface area contributed by atoms with E-state index >= 15 is 0 Å². The summed E-state index contributed by atoms with van der Waals surface area (Å²) in [6.07, 6.45) is 7.59. The number of benzene rings is 2. The number of aromatic nitrogens is 1. The molecule has 0 aliphatic carbocycles. The first kappa shape index (κ1) is 23.4. The number of nitrogens with zero attached hydrogens (tertiary/aromatic N) is 3. The van der Waals surface area contributed by atoms with Gasteiger partial charge in [0.15, 0.2) is 6.73 Å². The van der Waals surface area contributed by atoms with E-state index in [0.717, 1.165) is 40.8 Å². The minimum atomic E-state index is -0.564. The lowest BCUT2D eigenvalue weighted by Gasteiger charge is -2.30. The van der Waals surface area contributed by atoms with E-state index in [9.17, 15) is 9.59 Å². The van der Waals surface area contributed by atoms with Gasteiger partial charge in [-0.2, -0.15) is 0 Å². The van der Waals surface area contributed by atoms with Gasteiger partial charge in [0, 0.05) is 28.3 Å². The molecule has 182 valence electrons. The minimum Gasteiger partial charge on any atom is -0.443 e. The number of rotatable bonds is 5. The second-order valence-electron chi connectivity index (χ2n) is 10.5. The van der Waals surface area contributed by atoms with Gasteiger partial charge in [-0.05, 0) is 64.9 Å². The fourth-order valence-electron chi connectivity index (χ4n) is 4.88. The Morgan fingerprint density at radius 3 is 2.49 bits per heavy atom. The molecule has 0 radical (unpaired) electrons. The van der Waals surface area contributed by atoms with Gasteiger partial charge in [0.1, 0.15) is 0 Å². The molecule has 6 heteroatoms. The number of para-hydroxylation sites is 2. The second-order valence-corrected chi connectivity index (χ2v) is 10.5. The number of carbonyl (C=O) groups excluding carboxylic acids is 2. The van der Waals surface area contributed by atoms with Gasteiger partial charge in [-0.25, -0.2) is 0 Å². The summed E-state index contributed by atoms with van der Waals surface area (Å²) in [6, 6.07) is 16.1. The van der Waals surface area contributed by atoms with Gasteiger partial charge >= 0.3 is 5.97 Å². The molecule has 5 rings (SSSR count). The van der Waals surface area contributed by atoms with Gasteiger partial charge in [-0.15, -0.1) is 0 Å². The summed E-state index contributed by atoms with van der Waals surface area (Å²) in [5.74, 6) is -0.212. The van der Waals surface area contributed by atoms with Gasteiger partial charge < -0.3 is 9.30 Å². The number of piperidine rings is 1. The monoisotopic (exact) mass is 471 g/mol. The van der Waals surface area contributed by atoms with Gasteiger partial charge in [-0.3, -0.25) is 19.4 Å². The number of anilines is 1. The first-order chi connectivity index (χ1) is 16.8. The molecule has 3 heterocycles. The van der Waals surface area contributed by atoms with Crippen LogP contribution in [-0.2, 0) is 21.1 Å². The first-order valence-corrected chi connectivity index (χ1v) is 12.4. The summed E-state index contributed by atoms with van der Waals surface area (Å²) in [4.78, 5) is 30.3. The maximum absolute atomic E-state index is 13.7. The zero-order chi connectivity index (χ0) is 24.6. The largest absolute Gasteiger partial charge is 0.443 e. The van der Waals surface area contributed by atoms with Crippen LogP contribution < -0.4 is 4.90 Å². The fraction of sp³-hybridized carbons (Fsp3) is 0.379. The molecule has 1 amide bonds. The zero-order valence-electron chi connectivity index (χ0n) is 20.8. The minimum absolute atomic E-state index is 0.0350. The van der Waals surface area contributed by atoms with Gasteiger partial charge in [-0.1, -0.05) is 42.8 Å². The number of hydrogen-bond donors (Lipinski definition) is 0. The summed E-state index contributed by atoms with van der Waals surface area (Å²) in [7, 11) is 0. The number of likely N-dealkylation sites (tertiary alicyclic amines) is 1. The Bertz CT molecular complexity index is 1290. The molecule has 0 bridgehead atoms. The first-order valence-electron chi connectivity index (χ1n) is 12.4. The highest BCUT2D eigenvalue weighted by Gasteiger charge is 2.33. The Hall–Kier alpha value is -3.38. The predicted octanol–water partition coefficient (Wildman–Crippen LogP) is 5.52. The van der Waals surface area contributed by atoms with E-state index in [2.05, 4.69) is 4.90 Å². The van der Waals surface area contributed by atoms with Gasteiger partial charge in [0.05, 0.1) is 23.3 Å². The second kappa shape index (κ2) is 9.34. The van der Waals surface area contributed by atoms with E-state index in [0.29, 0.717) is 12.2 Å². The van der Waals surface area contributed by atoms with Crippen LogP contribution in [0, 0.1) is 5.41 Å². The average molecular weight is 472 g/mol. The van der Waals surface area contributed by atoms with Crippen molar-refractivity contribution < 1.29 is 14.3 Å². The molecule has 0 unspecified atom stereocenters. The zero-order valence-corrected chi connectivity index (χ0v) is 20.8. The van der Waals surface area contributed by atoms with Crippen LogP contribution >= 0.6 is 0 Å². The fourth-order valence-corrected chi connectivity index (χ4v) is 4.88. The van der Waals surface area contributed by atoms with Crippen LogP contribution in [0.2, 0.25) is 0 Å². The van der Waals surface area contributed by atoms with E-state index in [-0.39, 0.29) is 18.6 Å². The molecule has 2 aliphatic rings. The van der Waals surface area contributed by atoms with E-state index in [4.69, 9.17) is 4.74 Å². The van der Waals surface area contributed by atoms with Crippen molar-refractivity contribution in [1.82, 2.24) is 9.47 Å². The molecular weight excluding hydrogens is 438 g/mol. The lowest BCUT2D eigenvalue weighted by atomic mass is 9.98. The summed E-state index contributed by atoms with van der Waals surface area (Å²) in [5.41, 5.74) is 3.97. The summed E-state index contributed by atoms with van der Waals surface area (Å²) >= 11 is 0. The Labute approximate surface area is 206 Å². The van der Waals surface area contributed by atoms with Crippen molar-refractivity contribution in [3.05, 3.63) is 65.9 Å². The van der Waals surface area contributed by atoms with Crippen LogP contribution in [0.4, 0.5) is 5.69 Å². The van der Waals surface area contributed by atoms with Crippen LogP contribution in [0.3, 0.4) is 0 Å². The number of fused-ring (bicyclic) bond motifs is 2. The van der Waals surface area contributed by atoms with E-state index in [1.807, 2.05) is 91.0 Å². The van der Waals surface area contributed by atoms with Gasteiger partial charge in [0.2, 0.25) is 0 Å². The van der Waals surface area contributed by atoms with Crippen molar-refractivity contribution >= 4 is 40.1 Å². The number of esters is 1. The molecule has 6 nitrogen and oxygen atoms in total. The predicted molar refractivity (Wildman–Crippen MR) is 140 cm³/mol. The third kappa shape index (κ3) is 4.63. The maximum Gasteiger partial charge on any atom is 0.312 e. The number of carbonyl (C=O) groups is 2. The maximum atomic E-state index is 13.7. The molecule has 2 aliphatic heterocycles. The Kier molecular flexibility index (Phi) is 6.24.